The van der Waals surface area contributed by atoms with Crippen molar-refractivity contribution in [2.75, 3.05) is 10.0 Å². The molecule has 1 aromatic heterocycles. The van der Waals surface area contributed by atoms with Crippen LogP contribution < -0.4 is 10.0 Å². The molecule has 0 bridgehead atoms. The first-order chi connectivity index (χ1) is 13.0. The minimum atomic E-state index is -2.43. The second kappa shape index (κ2) is 8.38. The van der Waals surface area contributed by atoms with Crippen LogP contribution in [-0.2, 0) is 17.7 Å². The predicted molar refractivity (Wildman–Crippen MR) is 106 cm³/mol. The largest absolute Gasteiger partial charge is 0.298 e. The predicted octanol–water partition coefficient (Wildman–Crippen LogP) is 4.31. The minimum Gasteiger partial charge on any atom is -0.298 e. The van der Waals surface area contributed by atoms with Gasteiger partial charge in [-0.15, -0.1) is 11.3 Å². The molecule has 9 heteroatoms. The van der Waals surface area contributed by atoms with E-state index in [1.165, 1.54) is 23.0 Å². The molecule has 0 saturated heterocycles. The van der Waals surface area contributed by atoms with Gasteiger partial charge in [-0.3, -0.25) is 19.4 Å². The Morgan fingerprint density at radius 3 is 2.67 bits per heavy atom. The van der Waals surface area contributed by atoms with Crippen LogP contribution in [0.4, 0.5) is 15.2 Å². The van der Waals surface area contributed by atoms with Gasteiger partial charge in [0.2, 0.25) is 0 Å². The molecule has 0 aliphatic rings. The number of aromatic nitrogens is 1. The van der Waals surface area contributed by atoms with E-state index >= 15 is 0 Å². The van der Waals surface area contributed by atoms with E-state index in [2.05, 4.69) is 21.9 Å². The summed E-state index contributed by atoms with van der Waals surface area (Å²) in [6.45, 7) is 2.08. The average molecular weight is 405 g/mol. The smallest absolute Gasteiger partial charge is 0.259 e. The first-order valence-electron chi connectivity index (χ1n) is 7.99. The van der Waals surface area contributed by atoms with Crippen molar-refractivity contribution < 1.29 is 17.9 Å². The third-order valence-electron chi connectivity index (χ3n) is 3.81. The van der Waals surface area contributed by atoms with Crippen molar-refractivity contribution in [3.8, 4) is 11.3 Å². The van der Waals surface area contributed by atoms with Crippen molar-refractivity contribution in [1.82, 2.24) is 4.98 Å². The van der Waals surface area contributed by atoms with Gasteiger partial charge in [-0.05, 0) is 30.2 Å². The number of thiazole rings is 1. The molecule has 0 fully saturated rings. The number of anilines is 2. The maximum atomic E-state index is 13.4. The number of amides is 1. The van der Waals surface area contributed by atoms with E-state index < -0.39 is 23.0 Å². The Hall–Kier alpha value is -2.62. The number of hydrogen-bond acceptors (Lipinski definition) is 4. The molecule has 0 spiro atoms. The van der Waals surface area contributed by atoms with Crippen molar-refractivity contribution in [1.29, 1.82) is 0 Å². The molecular formula is C18H16FN3O3S2. The second-order valence-corrected chi connectivity index (χ2v) is 7.14. The summed E-state index contributed by atoms with van der Waals surface area (Å²) in [5.41, 5.74) is 2.83. The van der Waals surface area contributed by atoms with E-state index in [4.69, 9.17) is 4.55 Å². The number of carbonyl (C=O) groups excluding carboxylic acids is 1. The number of aryl methyl sites for hydroxylation is 1. The first-order valence-corrected chi connectivity index (χ1v) is 9.98. The summed E-state index contributed by atoms with van der Waals surface area (Å²) < 4.78 is 35.4. The molecular weight excluding hydrogens is 389 g/mol. The van der Waals surface area contributed by atoms with Crippen LogP contribution in [-0.4, -0.2) is 19.7 Å². The van der Waals surface area contributed by atoms with Crippen LogP contribution in [0.3, 0.4) is 0 Å². The standard InChI is InChI=1S/C18H16FN3O3S2/c1-2-11-3-5-12(6-4-11)16-10-26-18(20-16)21-17(23)14-8-7-13(19)9-15(14)22-27(24)25/h3-10,22H,2H2,1H3,(H,24,25)(H,20,21,23). The lowest BCUT2D eigenvalue weighted by molar-refractivity contribution is 0.102. The topological polar surface area (TPSA) is 91.3 Å². The van der Waals surface area contributed by atoms with E-state index in [0.29, 0.717) is 5.13 Å². The van der Waals surface area contributed by atoms with Crippen LogP contribution >= 0.6 is 11.3 Å². The van der Waals surface area contributed by atoms with Gasteiger partial charge in [-0.1, -0.05) is 31.2 Å². The summed E-state index contributed by atoms with van der Waals surface area (Å²) in [5.74, 6) is -1.20. The fourth-order valence-corrected chi connectivity index (χ4v) is 3.50. The van der Waals surface area contributed by atoms with E-state index in [0.717, 1.165) is 29.8 Å². The van der Waals surface area contributed by atoms with Crippen LogP contribution in [0.15, 0.2) is 47.8 Å². The van der Waals surface area contributed by atoms with E-state index in [9.17, 15) is 13.4 Å². The molecule has 1 atom stereocenters. The molecule has 3 N–H and O–H groups in total. The van der Waals surface area contributed by atoms with Gasteiger partial charge in [-0.25, -0.2) is 13.6 Å². The summed E-state index contributed by atoms with van der Waals surface area (Å²) in [6.07, 6.45) is 0.950. The van der Waals surface area contributed by atoms with Crippen molar-refractivity contribution in [2.24, 2.45) is 0 Å². The molecule has 6 nitrogen and oxygen atoms in total. The number of carbonyl (C=O) groups is 1. The number of rotatable bonds is 6. The highest BCUT2D eigenvalue weighted by Crippen LogP contribution is 2.26. The monoisotopic (exact) mass is 405 g/mol. The summed E-state index contributed by atoms with van der Waals surface area (Å²) in [6, 6.07) is 11.3. The lowest BCUT2D eigenvalue weighted by atomic mass is 10.1. The molecule has 140 valence electrons. The van der Waals surface area contributed by atoms with Gasteiger partial charge in [0.05, 0.1) is 16.9 Å². The molecule has 1 unspecified atom stereocenters. The highest BCUT2D eigenvalue weighted by atomic mass is 32.2. The summed E-state index contributed by atoms with van der Waals surface area (Å²) in [5, 5.41) is 4.82. The lowest BCUT2D eigenvalue weighted by Gasteiger charge is -2.09. The molecule has 0 radical (unpaired) electrons. The highest BCUT2D eigenvalue weighted by Gasteiger charge is 2.16. The first kappa shape index (κ1) is 19.2. The Morgan fingerprint density at radius 2 is 2.00 bits per heavy atom. The molecule has 0 saturated carbocycles. The maximum Gasteiger partial charge on any atom is 0.259 e. The van der Waals surface area contributed by atoms with Gasteiger partial charge in [0.25, 0.3) is 17.2 Å². The summed E-state index contributed by atoms with van der Waals surface area (Å²) in [7, 11) is 0. The van der Waals surface area contributed by atoms with Crippen LogP contribution in [0.2, 0.25) is 0 Å². The number of nitrogens with one attached hydrogen (secondary N) is 2. The normalized spacial score (nSPS) is 11.8. The SMILES string of the molecule is CCc1ccc(-c2csc(NC(=O)c3ccc(F)cc3NS(=O)O)n2)cc1. The van der Waals surface area contributed by atoms with E-state index in [-0.39, 0.29) is 11.3 Å². The second-order valence-electron chi connectivity index (χ2n) is 5.58. The van der Waals surface area contributed by atoms with Crippen LogP contribution in [0.25, 0.3) is 11.3 Å². The summed E-state index contributed by atoms with van der Waals surface area (Å²) in [4.78, 5) is 16.9. The Kier molecular flexibility index (Phi) is 5.94. The van der Waals surface area contributed by atoms with Crippen molar-refractivity contribution >= 4 is 39.3 Å². The molecule has 0 aliphatic heterocycles. The van der Waals surface area contributed by atoms with Crippen LogP contribution in [0.5, 0.6) is 0 Å². The fourth-order valence-electron chi connectivity index (χ4n) is 2.43. The van der Waals surface area contributed by atoms with Gasteiger partial charge in [-0.2, -0.15) is 0 Å². The Morgan fingerprint density at radius 1 is 1.26 bits per heavy atom. The van der Waals surface area contributed by atoms with Crippen molar-refractivity contribution in [2.45, 2.75) is 13.3 Å². The van der Waals surface area contributed by atoms with Gasteiger partial charge >= 0.3 is 0 Å². The number of benzene rings is 2. The van der Waals surface area contributed by atoms with Gasteiger partial charge < -0.3 is 0 Å². The maximum absolute atomic E-state index is 13.4. The zero-order valence-electron chi connectivity index (χ0n) is 14.2. The molecule has 0 aliphatic carbocycles. The average Bonchev–Trinajstić information content (AvgIpc) is 3.09. The molecule has 2 aromatic carbocycles. The molecule has 27 heavy (non-hydrogen) atoms. The number of hydrogen-bond donors (Lipinski definition) is 3. The molecule has 3 rings (SSSR count). The molecule has 1 amide bonds. The van der Waals surface area contributed by atoms with Gasteiger partial charge in [0, 0.05) is 10.9 Å². The zero-order chi connectivity index (χ0) is 19.4. The number of halogens is 1. The van der Waals surface area contributed by atoms with Crippen LogP contribution in [0, 0.1) is 5.82 Å². The number of nitrogens with zero attached hydrogens (tertiary/aromatic N) is 1. The van der Waals surface area contributed by atoms with E-state index in [1.54, 1.807) is 0 Å². The fraction of sp³-hybridized carbons (Fsp3) is 0.111. The highest BCUT2D eigenvalue weighted by molar-refractivity contribution is 7.80. The van der Waals surface area contributed by atoms with Gasteiger partial charge in [0.15, 0.2) is 5.13 Å². The zero-order valence-corrected chi connectivity index (χ0v) is 15.9. The Balaban J connectivity index is 1.79. The Labute approximate surface area is 161 Å². The van der Waals surface area contributed by atoms with Crippen molar-refractivity contribution in [3.05, 3.63) is 64.8 Å². The third kappa shape index (κ3) is 4.76. The van der Waals surface area contributed by atoms with Crippen molar-refractivity contribution in [3.63, 3.8) is 0 Å². The molecule has 1 heterocycles. The third-order valence-corrected chi connectivity index (χ3v) is 4.96. The summed E-state index contributed by atoms with van der Waals surface area (Å²) >= 11 is -1.18. The van der Waals surface area contributed by atoms with Gasteiger partial charge in [0.1, 0.15) is 5.82 Å². The minimum absolute atomic E-state index is 0.0304. The lowest BCUT2D eigenvalue weighted by Crippen LogP contribution is -2.15. The Bertz CT molecular complexity index is 990. The molecule has 3 aromatic rings. The van der Waals surface area contributed by atoms with Crippen LogP contribution in [0.1, 0.15) is 22.8 Å². The quantitative estimate of drug-likeness (QED) is 0.533. The van der Waals surface area contributed by atoms with E-state index in [1.807, 2.05) is 29.6 Å².